The van der Waals surface area contributed by atoms with Gasteiger partial charge in [0.05, 0.1) is 23.1 Å². The van der Waals surface area contributed by atoms with Crippen molar-refractivity contribution < 1.29 is 4.79 Å². The normalized spacial score (nSPS) is 16.6. The Balaban J connectivity index is 1.64. The average Bonchev–Trinajstić information content (AvgIpc) is 3.02. The summed E-state index contributed by atoms with van der Waals surface area (Å²) in [5.74, 6) is 0.0317. The summed E-state index contributed by atoms with van der Waals surface area (Å²) in [6, 6.07) is 8.23. The third-order valence-electron chi connectivity index (χ3n) is 6.19. The fraction of sp³-hybridized carbons (Fsp3) is 0.417. The Hall–Kier alpha value is -2.86. The fourth-order valence-electron chi connectivity index (χ4n) is 4.19. The molecule has 0 spiro atoms. The zero-order valence-corrected chi connectivity index (χ0v) is 18.3. The van der Waals surface area contributed by atoms with Crippen LogP contribution in [0.15, 0.2) is 30.5 Å². The number of nitrogens with zero attached hydrogens (tertiary/aromatic N) is 2. The second kappa shape index (κ2) is 8.48. The van der Waals surface area contributed by atoms with E-state index in [0.29, 0.717) is 6.54 Å². The summed E-state index contributed by atoms with van der Waals surface area (Å²) in [7, 11) is 0. The maximum absolute atomic E-state index is 12.8. The van der Waals surface area contributed by atoms with Gasteiger partial charge in [-0.15, -0.1) is 0 Å². The van der Waals surface area contributed by atoms with Crippen LogP contribution in [0.4, 0.5) is 11.4 Å². The number of amides is 1. The highest BCUT2D eigenvalue weighted by Crippen LogP contribution is 2.26. The van der Waals surface area contributed by atoms with Crippen LogP contribution in [0.1, 0.15) is 47.3 Å². The molecular formula is C24H31N5O. The van der Waals surface area contributed by atoms with E-state index < -0.39 is 0 Å². The summed E-state index contributed by atoms with van der Waals surface area (Å²) in [5.41, 5.74) is 8.47. The molecule has 1 atom stereocenters. The quantitative estimate of drug-likeness (QED) is 0.593. The molecule has 1 aromatic carbocycles. The minimum Gasteiger partial charge on any atom is -0.378 e. The van der Waals surface area contributed by atoms with Gasteiger partial charge < -0.3 is 20.4 Å². The Morgan fingerprint density at radius 3 is 2.67 bits per heavy atom. The molecule has 3 N–H and O–H groups in total. The van der Waals surface area contributed by atoms with Gasteiger partial charge in [-0.05, 0) is 69.8 Å². The molecule has 0 aliphatic carbocycles. The second-order valence-corrected chi connectivity index (χ2v) is 8.33. The van der Waals surface area contributed by atoms with Crippen LogP contribution in [-0.2, 0) is 11.3 Å². The molecule has 0 saturated carbocycles. The van der Waals surface area contributed by atoms with Crippen LogP contribution >= 0.6 is 0 Å². The molecule has 0 unspecified atom stereocenters. The van der Waals surface area contributed by atoms with Gasteiger partial charge in [0.1, 0.15) is 0 Å². The van der Waals surface area contributed by atoms with Crippen molar-refractivity contribution in [3.05, 3.63) is 58.5 Å². The summed E-state index contributed by atoms with van der Waals surface area (Å²) >= 11 is 0. The van der Waals surface area contributed by atoms with Crippen molar-refractivity contribution in [2.45, 2.75) is 59.5 Å². The standard InChI is InChI=1S/C24H31N5O/c1-15-8-7-9-16(2)20(15)13-26-22-12-19(14-29-18(4)17(3)27-23(22)29)28-24(30)21-10-5-6-11-25-21/h7-9,12,14,21,25-26H,5-6,10-11,13H2,1-4H3,(H,28,30)/t21-/m1/s1. The SMILES string of the molecule is Cc1cccc(C)c1CNc1cc(NC(=O)[C@H]2CCCCN2)cn2c(C)c(C)nc12. The van der Waals surface area contributed by atoms with Crippen molar-refractivity contribution in [3.63, 3.8) is 0 Å². The van der Waals surface area contributed by atoms with E-state index in [-0.39, 0.29) is 11.9 Å². The molecule has 0 bridgehead atoms. The van der Waals surface area contributed by atoms with Crippen molar-refractivity contribution >= 4 is 22.9 Å². The summed E-state index contributed by atoms with van der Waals surface area (Å²) in [6.07, 6.45) is 5.08. The number of hydrogen-bond donors (Lipinski definition) is 3. The van der Waals surface area contributed by atoms with Gasteiger partial charge in [0, 0.05) is 18.4 Å². The zero-order chi connectivity index (χ0) is 21.3. The molecule has 1 fully saturated rings. The molecule has 30 heavy (non-hydrogen) atoms. The van der Waals surface area contributed by atoms with Crippen molar-refractivity contribution in [2.75, 3.05) is 17.2 Å². The smallest absolute Gasteiger partial charge is 0.241 e. The molecule has 1 aliphatic rings. The Morgan fingerprint density at radius 1 is 1.20 bits per heavy atom. The number of imidazole rings is 1. The summed E-state index contributed by atoms with van der Waals surface area (Å²) in [6.45, 7) is 9.95. The molecule has 0 radical (unpaired) electrons. The average molecular weight is 406 g/mol. The number of carbonyl (C=O) groups excluding carboxylic acids is 1. The van der Waals surface area contributed by atoms with Crippen molar-refractivity contribution in [3.8, 4) is 0 Å². The number of carbonyl (C=O) groups is 1. The molecule has 158 valence electrons. The molecule has 4 rings (SSSR count). The van der Waals surface area contributed by atoms with Crippen LogP contribution in [0.3, 0.4) is 0 Å². The van der Waals surface area contributed by atoms with E-state index in [1.54, 1.807) is 0 Å². The van der Waals surface area contributed by atoms with E-state index in [1.165, 1.54) is 16.7 Å². The van der Waals surface area contributed by atoms with E-state index in [9.17, 15) is 4.79 Å². The van der Waals surface area contributed by atoms with Gasteiger partial charge in [0.15, 0.2) is 5.65 Å². The molecule has 6 heteroatoms. The molecule has 3 aromatic rings. The first-order chi connectivity index (χ1) is 14.4. The first kappa shape index (κ1) is 20.4. The molecule has 1 aliphatic heterocycles. The zero-order valence-electron chi connectivity index (χ0n) is 18.3. The summed E-state index contributed by atoms with van der Waals surface area (Å²) < 4.78 is 2.06. The second-order valence-electron chi connectivity index (χ2n) is 8.33. The number of benzene rings is 1. The predicted molar refractivity (Wildman–Crippen MR) is 122 cm³/mol. The number of aromatic nitrogens is 2. The lowest BCUT2D eigenvalue weighted by atomic mass is 10.0. The Labute approximate surface area is 178 Å². The van der Waals surface area contributed by atoms with Crippen LogP contribution in [-0.4, -0.2) is 27.9 Å². The highest BCUT2D eigenvalue weighted by atomic mass is 16.2. The Kier molecular flexibility index (Phi) is 5.77. The topological polar surface area (TPSA) is 70.5 Å². The van der Waals surface area contributed by atoms with Crippen LogP contribution in [0.5, 0.6) is 0 Å². The number of nitrogens with one attached hydrogen (secondary N) is 3. The van der Waals surface area contributed by atoms with Gasteiger partial charge in [-0.2, -0.15) is 0 Å². The van der Waals surface area contributed by atoms with E-state index in [4.69, 9.17) is 4.98 Å². The Bertz CT molecular complexity index is 1060. The van der Waals surface area contributed by atoms with Crippen LogP contribution < -0.4 is 16.0 Å². The number of hydrogen-bond acceptors (Lipinski definition) is 4. The van der Waals surface area contributed by atoms with Gasteiger partial charge in [-0.1, -0.05) is 24.6 Å². The minimum atomic E-state index is -0.119. The van der Waals surface area contributed by atoms with Gasteiger partial charge in [-0.25, -0.2) is 4.98 Å². The predicted octanol–water partition coefficient (Wildman–Crippen LogP) is 4.26. The lowest BCUT2D eigenvalue weighted by Gasteiger charge is -2.22. The molecule has 1 amide bonds. The summed E-state index contributed by atoms with van der Waals surface area (Å²) in [5, 5.41) is 10.00. The monoisotopic (exact) mass is 405 g/mol. The fourth-order valence-corrected chi connectivity index (χ4v) is 4.19. The van der Waals surface area contributed by atoms with E-state index in [1.807, 2.05) is 19.2 Å². The molecule has 1 saturated heterocycles. The van der Waals surface area contributed by atoms with Gasteiger partial charge >= 0.3 is 0 Å². The van der Waals surface area contributed by atoms with Gasteiger partial charge in [0.2, 0.25) is 5.91 Å². The third-order valence-corrected chi connectivity index (χ3v) is 6.19. The first-order valence-electron chi connectivity index (χ1n) is 10.8. The molecular weight excluding hydrogens is 374 g/mol. The van der Waals surface area contributed by atoms with E-state index >= 15 is 0 Å². The van der Waals surface area contributed by atoms with Gasteiger partial charge in [0.25, 0.3) is 0 Å². The Morgan fingerprint density at radius 2 is 1.97 bits per heavy atom. The largest absolute Gasteiger partial charge is 0.378 e. The minimum absolute atomic E-state index is 0.0317. The van der Waals surface area contributed by atoms with Crippen LogP contribution in [0, 0.1) is 27.7 Å². The number of rotatable bonds is 5. The highest BCUT2D eigenvalue weighted by Gasteiger charge is 2.21. The maximum atomic E-state index is 12.8. The number of aryl methyl sites for hydroxylation is 4. The number of piperidine rings is 1. The number of anilines is 2. The molecule has 3 heterocycles. The van der Waals surface area contributed by atoms with E-state index in [2.05, 4.69) is 59.3 Å². The number of fused-ring (bicyclic) bond motifs is 1. The van der Waals surface area contributed by atoms with Gasteiger partial charge in [-0.3, -0.25) is 4.79 Å². The van der Waals surface area contributed by atoms with Crippen molar-refractivity contribution in [1.29, 1.82) is 0 Å². The number of pyridine rings is 1. The molecule has 6 nitrogen and oxygen atoms in total. The summed E-state index contributed by atoms with van der Waals surface area (Å²) in [4.78, 5) is 17.5. The van der Waals surface area contributed by atoms with Crippen molar-refractivity contribution in [2.24, 2.45) is 0 Å². The molecule has 2 aromatic heterocycles. The first-order valence-corrected chi connectivity index (χ1v) is 10.8. The van der Waals surface area contributed by atoms with Crippen LogP contribution in [0.2, 0.25) is 0 Å². The lowest BCUT2D eigenvalue weighted by Crippen LogP contribution is -2.43. The third kappa shape index (κ3) is 4.05. The lowest BCUT2D eigenvalue weighted by molar-refractivity contribution is -0.118. The maximum Gasteiger partial charge on any atom is 0.241 e. The van der Waals surface area contributed by atoms with E-state index in [0.717, 1.165) is 54.2 Å². The highest BCUT2D eigenvalue weighted by molar-refractivity contribution is 5.95. The van der Waals surface area contributed by atoms with Crippen LogP contribution in [0.25, 0.3) is 5.65 Å². The van der Waals surface area contributed by atoms with Crippen molar-refractivity contribution in [1.82, 2.24) is 14.7 Å².